The lowest BCUT2D eigenvalue weighted by atomic mass is 9.84. The van der Waals surface area contributed by atoms with Crippen LogP contribution in [0.25, 0.3) is 10.2 Å². The summed E-state index contributed by atoms with van der Waals surface area (Å²) in [6.07, 6.45) is 4.51. The molecule has 1 aliphatic heterocycles. The summed E-state index contributed by atoms with van der Waals surface area (Å²) >= 11 is 1.63. The van der Waals surface area contributed by atoms with E-state index in [4.69, 9.17) is 0 Å². The highest BCUT2D eigenvalue weighted by molar-refractivity contribution is 7.17. The Labute approximate surface area is 193 Å². The first-order chi connectivity index (χ1) is 15.3. The van der Waals surface area contributed by atoms with Crippen LogP contribution in [0.1, 0.15) is 61.1 Å². The molecule has 0 radical (unpaired) electrons. The van der Waals surface area contributed by atoms with Crippen LogP contribution in [0, 0.1) is 19.8 Å². The zero-order valence-electron chi connectivity index (χ0n) is 19.3. The number of nitrogens with zero attached hydrogens (tertiary/aromatic N) is 2. The summed E-state index contributed by atoms with van der Waals surface area (Å²) in [7, 11) is 0. The molecule has 0 unspecified atom stereocenters. The predicted octanol–water partition coefficient (Wildman–Crippen LogP) is 5.43. The molecule has 2 aliphatic rings. The van der Waals surface area contributed by atoms with Gasteiger partial charge in [-0.25, -0.2) is 0 Å². The van der Waals surface area contributed by atoms with E-state index in [1.807, 2.05) is 61.1 Å². The first-order valence-electron chi connectivity index (χ1n) is 11.6. The summed E-state index contributed by atoms with van der Waals surface area (Å²) in [5.74, 6) is 0.284. The van der Waals surface area contributed by atoms with Crippen molar-refractivity contribution in [3.63, 3.8) is 0 Å². The molecule has 1 fully saturated rings. The van der Waals surface area contributed by atoms with Crippen molar-refractivity contribution in [2.24, 2.45) is 5.92 Å². The zero-order valence-corrected chi connectivity index (χ0v) is 20.1. The average Bonchev–Trinajstić information content (AvgIpc) is 3.35. The van der Waals surface area contributed by atoms with E-state index in [-0.39, 0.29) is 17.9 Å². The molecule has 3 heterocycles. The van der Waals surface area contributed by atoms with Gasteiger partial charge in [0.25, 0.3) is 5.91 Å². The van der Waals surface area contributed by atoms with Gasteiger partial charge < -0.3 is 9.88 Å². The summed E-state index contributed by atoms with van der Waals surface area (Å²) in [4.78, 5) is 29.7. The fourth-order valence-corrected chi connectivity index (χ4v) is 6.25. The largest absolute Gasteiger partial charge is 0.351 e. The molecule has 5 nitrogen and oxygen atoms in total. The second-order valence-electron chi connectivity index (χ2n) is 9.76. The number of thiophene rings is 1. The van der Waals surface area contributed by atoms with E-state index in [0.29, 0.717) is 18.2 Å². The van der Waals surface area contributed by atoms with Crippen LogP contribution in [-0.4, -0.2) is 28.0 Å². The lowest BCUT2D eigenvalue weighted by molar-refractivity contribution is -0.127. The van der Waals surface area contributed by atoms with Crippen molar-refractivity contribution in [3.8, 4) is 0 Å². The quantitative estimate of drug-likeness (QED) is 0.579. The lowest BCUT2D eigenvalue weighted by Gasteiger charge is -2.45. The maximum Gasteiger partial charge on any atom is 0.275 e. The third-order valence-electron chi connectivity index (χ3n) is 7.64. The van der Waals surface area contributed by atoms with Gasteiger partial charge in [0, 0.05) is 11.7 Å². The highest BCUT2D eigenvalue weighted by atomic mass is 32.1. The Bertz CT molecular complexity index is 1210. The Balaban J connectivity index is 1.63. The van der Waals surface area contributed by atoms with E-state index >= 15 is 0 Å². The topological polar surface area (TPSA) is 54.3 Å². The van der Waals surface area contributed by atoms with Gasteiger partial charge in [-0.1, -0.05) is 31.9 Å². The fourth-order valence-electron chi connectivity index (χ4n) is 5.42. The molecular weight excluding hydrogens is 418 g/mol. The molecular formula is C26H31N3O2S. The smallest absolute Gasteiger partial charge is 0.275 e. The minimum Gasteiger partial charge on any atom is -0.351 e. The summed E-state index contributed by atoms with van der Waals surface area (Å²) in [5.41, 5.74) is 3.63. The highest BCUT2D eigenvalue weighted by Gasteiger charge is 2.49. The third-order valence-corrected chi connectivity index (χ3v) is 8.49. The van der Waals surface area contributed by atoms with Gasteiger partial charge in [-0.2, -0.15) is 0 Å². The molecule has 1 N–H and O–H groups in total. The molecule has 1 aromatic carbocycles. The molecule has 0 bridgehead atoms. The summed E-state index contributed by atoms with van der Waals surface area (Å²) in [6.45, 7) is 8.67. The van der Waals surface area contributed by atoms with E-state index in [1.165, 1.54) is 6.42 Å². The Hall–Kier alpha value is -2.60. The first kappa shape index (κ1) is 21.3. The van der Waals surface area contributed by atoms with E-state index in [9.17, 15) is 9.59 Å². The van der Waals surface area contributed by atoms with Crippen molar-refractivity contribution < 1.29 is 9.59 Å². The van der Waals surface area contributed by atoms with Gasteiger partial charge in [-0.05, 0) is 74.2 Å². The van der Waals surface area contributed by atoms with Crippen LogP contribution in [0.2, 0.25) is 0 Å². The number of carbonyl (C=O) groups excluding carboxylic acids is 2. The van der Waals surface area contributed by atoms with Gasteiger partial charge in [0.2, 0.25) is 5.91 Å². The molecule has 32 heavy (non-hydrogen) atoms. The van der Waals surface area contributed by atoms with Gasteiger partial charge in [0.1, 0.15) is 11.2 Å². The molecule has 1 aliphatic carbocycles. The molecule has 5 rings (SSSR count). The average molecular weight is 450 g/mol. The van der Waals surface area contributed by atoms with Crippen molar-refractivity contribution in [2.45, 2.75) is 71.5 Å². The van der Waals surface area contributed by atoms with Crippen LogP contribution in [0.3, 0.4) is 0 Å². The number of fused-ring (bicyclic) bond motifs is 3. The SMILES string of the molecule is Cc1cccc(N2C(=O)c3cc4sccc4n3C[C@]2(C)C(=O)N[C@H]2CCCC[C@@H]2C)c1C. The summed E-state index contributed by atoms with van der Waals surface area (Å²) < 4.78 is 3.12. The third kappa shape index (κ3) is 3.19. The van der Waals surface area contributed by atoms with E-state index < -0.39 is 5.54 Å². The van der Waals surface area contributed by atoms with E-state index in [0.717, 1.165) is 46.3 Å². The van der Waals surface area contributed by atoms with Crippen LogP contribution in [0.4, 0.5) is 5.69 Å². The zero-order chi connectivity index (χ0) is 22.6. The Kier molecular flexibility index (Phi) is 5.16. The van der Waals surface area contributed by atoms with Gasteiger partial charge in [-0.15, -0.1) is 11.3 Å². The van der Waals surface area contributed by atoms with Gasteiger partial charge >= 0.3 is 0 Å². The van der Waals surface area contributed by atoms with Crippen LogP contribution >= 0.6 is 11.3 Å². The number of aromatic nitrogens is 1. The number of hydrogen-bond donors (Lipinski definition) is 1. The standard InChI is InChI=1S/C26H31N3O2S/c1-16-9-7-11-20(18(16)3)29-24(30)22-14-23-21(12-13-32-23)28(22)15-26(29,4)25(31)27-19-10-6-5-8-17(19)2/h7,9,11-14,17,19H,5-6,8,10,15H2,1-4H3,(H,27,31)/t17-,19-,26+/m0/s1. The van der Waals surface area contributed by atoms with Crippen LogP contribution < -0.4 is 10.2 Å². The van der Waals surface area contributed by atoms with Gasteiger partial charge in [-0.3, -0.25) is 14.5 Å². The summed E-state index contributed by atoms with van der Waals surface area (Å²) in [5, 5.41) is 5.40. The number of nitrogens with one attached hydrogen (secondary N) is 1. The van der Waals surface area contributed by atoms with Crippen molar-refractivity contribution in [1.29, 1.82) is 0 Å². The van der Waals surface area contributed by atoms with Crippen molar-refractivity contribution in [1.82, 2.24) is 9.88 Å². The molecule has 3 atom stereocenters. The number of amides is 2. The number of aryl methyl sites for hydroxylation is 1. The van der Waals surface area contributed by atoms with Gasteiger partial charge in [0.15, 0.2) is 0 Å². The maximum absolute atomic E-state index is 14.0. The molecule has 2 aromatic heterocycles. The highest BCUT2D eigenvalue weighted by Crippen LogP contribution is 2.39. The molecule has 3 aromatic rings. The molecule has 1 saturated carbocycles. The molecule has 168 valence electrons. The number of benzene rings is 1. The maximum atomic E-state index is 14.0. The number of hydrogen-bond acceptors (Lipinski definition) is 3. The van der Waals surface area contributed by atoms with Crippen LogP contribution in [-0.2, 0) is 11.3 Å². The van der Waals surface area contributed by atoms with E-state index in [2.05, 4.69) is 12.2 Å². The lowest BCUT2D eigenvalue weighted by Crippen LogP contribution is -2.66. The minimum absolute atomic E-state index is 0.0618. The Morgan fingerprint density at radius 3 is 2.75 bits per heavy atom. The van der Waals surface area contributed by atoms with Crippen LogP contribution in [0.5, 0.6) is 0 Å². The first-order valence-corrected chi connectivity index (χ1v) is 12.5. The number of carbonyl (C=O) groups is 2. The fraction of sp³-hybridized carbons (Fsp3) is 0.462. The molecule has 6 heteroatoms. The minimum atomic E-state index is -1.02. The molecule has 0 spiro atoms. The van der Waals surface area contributed by atoms with E-state index in [1.54, 1.807) is 16.2 Å². The summed E-state index contributed by atoms with van der Waals surface area (Å²) in [6, 6.07) is 10.2. The molecule has 2 amide bonds. The van der Waals surface area contributed by atoms with Crippen molar-refractivity contribution in [3.05, 3.63) is 52.5 Å². The number of rotatable bonds is 3. The Morgan fingerprint density at radius 2 is 1.97 bits per heavy atom. The predicted molar refractivity (Wildman–Crippen MR) is 131 cm³/mol. The van der Waals surface area contributed by atoms with Gasteiger partial charge in [0.05, 0.1) is 16.8 Å². The van der Waals surface area contributed by atoms with Crippen molar-refractivity contribution >= 4 is 39.1 Å². The number of anilines is 1. The molecule has 0 saturated heterocycles. The second-order valence-corrected chi connectivity index (χ2v) is 10.7. The normalized spacial score (nSPS) is 25.8. The Morgan fingerprint density at radius 1 is 1.19 bits per heavy atom. The second kappa shape index (κ2) is 7.77. The monoisotopic (exact) mass is 449 g/mol. The van der Waals surface area contributed by atoms with Crippen molar-refractivity contribution in [2.75, 3.05) is 4.90 Å². The van der Waals surface area contributed by atoms with Crippen LogP contribution in [0.15, 0.2) is 35.7 Å².